The number of aliphatic carboxylic acids is 1. The van der Waals surface area contributed by atoms with Crippen LogP contribution in [-0.4, -0.2) is 26.2 Å². The van der Waals surface area contributed by atoms with Crippen molar-refractivity contribution in [3.8, 4) is 11.4 Å². The van der Waals surface area contributed by atoms with Gasteiger partial charge in [0.25, 0.3) is 0 Å². The van der Waals surface area contributed by atoms with Gasteiger partial charge in [-0.2, -0.15) is 4.98 Å². The first-order chi connectivity index (χ1) is 7.25. The molecule has 0 aliphatic heterocycles. The van der Waals surface area contributed by atoms with Crippen LogP contribution in [0.1, 0.15) is 5.89 Å². The first kappa shape index (κ1) is 9.32. The number of carboxylic acids is 1. The molecule has 0 amide bonds. The highest BCUT2D eigenvalue weighted by molar-refractivity contribution is 5.69. The number of carbonyl (C=O) groups is 1. The lowest BCUT2D eigenvalue weighted by molar-refractivity contribution is -0.136. The van der Waals surface area contributed by atoms with Crippen LogP contribution < -0.4 is 0 Å². The molecule has 2 rings (SSSR count). The second kappa shape index (κ2) is 3.87. The van der Waals surface area contributed by atoms with Crippen LogP contribution >= 0.6 is 0 Å². The molecular formula is C9H7N3O3. The van der Waals surface area contributed by atoms with Gasteiger partial charge in [-0.25, -0.2) is 0 Å². The van der Waals surface area contributed by atoms with E-state index < -0.39 is 5.97 Å². The van der Waals surface area contributed by atoms with Gasteiger partial charge in [0.05, 0.1) is 0 Å². The van der Waals surface area contributed by atoms with Gasteiger partial charge < -0.3 is 9.63 Å². The summed E-state index contributed by atoms with van der Waals surface area (Å²) >= 11 is 0. The van der Waals surface area contributed by atoms with E-state index in [-0.39, 0.29) is 12.3 Å². The number of aromatic nitrogens is 3. The van der Waals surface area contributed by atoms with E-state index >= 15 is 0 Å². The molecule has 0 saturated heterocycles. The van der Waals surface area contributed by atoms with Gasteiger partial charge in [0.2, 0.25) is 11.7 Å². The summed E-state index contributed by atoms with van der Waals surface area (Å²) in [6, 6.07) is 3.50. The molecule has 0 spiro atoms. The molecular weight excluding hydrogens is 198 g/mol. The minimum absolute atomic E-state index is 0.0846. The van der Waals surface area contributed by atoms with Crippen LogP contribution in [-0.2, 0) is 11.2 Å². The molecule has 0 unspecified atom stereocenters. The molecule has 0 radical (unpaired) electrons. The van der Waals surface area contributed by atoms with E-state index in [4.69, 9.17) is 9.63 Å². The van der Waals surface area contributed by atoms with Crippen LogP contribution in [0.2, 0.25) is 0 Å². The van der Waals surface area contributed by atoms with Gasteiger partial charge in [-0.3, -0.25) is 9.78 Å². The highest BCUT2D eigenvalue weighted by Gasteiger charge is 2.11. The number of rotatable bonds is 3. The molecule has 0 saturated carbocycles. The highest BCUT2D eigenvalue weighted by atomic mass is 16.5. The van der Waals surface area contributed by atoms with Crippen molar-refractivity contribution in [2.45, 2.75) is 6.42 Å². The zero-order valence-electron chi connectivity index (χ0n) is 7.62. The minimum Gasteiger partial charge on any atom is -0.481 e. The molecule has 2 aromatic heterocycles. The van der Waals surface area contributed by atoms with Crippen LogP contribution in [0, 0.1) is 0 Å². The van der Waals surface area contributed by atoms with E-state index in [2.05, 4.69) is 15.1 Å². The quantitative estimate of drug-likeness (QED) is 0.795. The summed E-state index contributed by atoms with van der Waals surface area (Å²) in [6.45, 7) is 0. The number of carboxylic acid groups (broad SMARTS) is 1. The van der Waals surface area contributed by atoms with Crippen molar-refractivity contribution in [3.05, 3.63) is 30.4 Å². The normalized spacial score (nSPS) is 10.1. The van der Waals surface area contributed by atoms with Crippen molar-refractivity contribution in [1.29, 1.82) is 0 Å². The van der Waals surface area contributed by atoms with Gasteiger partial charge in [0, 0.05) is 18.0 Å². The fourth-order valence-electron chi connectivity index (χ4n) is 1.07. The lowest BCUT2D eigenvalue weighted by atomic mass is 10.3. The summed E-state index contributed by atoms with van der Waals surface area (Å²) in [5, 5.41) is 12.2. The lowest BCUT2D eigenvalue weighted by Gasteiger charge is -1.89. The van der Waals surface area contributed by atoms with E-state index in [0.29, 0.717) is 11.4 Å². The first-order valence-electron chi connectivity index (χ1n) is 4.20. The van der Waals surface area contributed by atoms with E-state index in [1.54, 1.807) is 24.5 Å². The average Bonchev–Trinajstić information content (AvgIpc) is 2.67. The van der Waals surface area contributed by atoms with Gasteiger partial charge in [-0.1, -0.05) is 5.16 Å². The van der Waals surface area contributed by atoms with Crippen LogP contribution in [0.25, 0.3) is 11.4 Å². The van der Waals surface area contributed by atoms with E-state index in [0.717, 1.165) is 0 Å². The number of nitrogens with zero attached hydrogens (tertiary/aromatic N) is 3. The Kier molecular flexibility index (Phi) is 2.40. The Morgan fingerprint density at radius 3 is 3.07 bits per heavy atom. The maximum absolute atomic E-state index is 10.4. The summed E-state index contributed by atoms with van der Waals surface area (Å²) in [6.07, 6.45) is 2.93. The topological polar surface area (TPSA) is 89.1 Å². The number of hydrogen-bond donors (Lipinski definition) is 1. The third-order valence-corrected chi connectivity index (χ3v) is 1.69. The third kappa shape index (κ3) is 2.16. The van der Waals surface area contributed by atoms with Gasteiger partial charge in [0.15, 0.2) is 0 Å². The SMILES string of the molecule is O=C(O)Cc1nc(-c2cccnc2)no1. The van der Waals surface area contributed by atoms with Crippen LogP contribution in [0.4, 0.5) is 0 Å². The van der Waals surface area contributed by atoms with Crippen molar-refractivity contribution in [2.24, 2.45) is 0 Å². The van der Waals surface area contributed by atoms with Gasteiger partial charge in [-0.05, 0) is 12.1 Å². The van der Waals surface area contributed by atoms with Gasteiger partial charge in [0.1, 0.15) is 6.42 Å². The van der Waals surface area contributed by atoms with Crippen molar-refractivity contribution in [1.82, 2.24) is 15.1 Å². The van der Waals surface area contributed by atoms with Crippen LogP contribution in [0.15, 0.2) is 29.0 Å². The Morgan fingerprint density at radius 1 is 1.53 bits per heavy atom. The summed E-state index contributed by atoms with van der Waals surface area (Å²) in [5.41, 5.74) is 0.692. The molecule has 2 aromatic rings. The second-order valence-electron chi connectivity index (χ2n) is 2.82. The summed E-state index contributed by atoms with van der Waals surface area (Å²) in [7, 11) is 0. The zero-order valence-corrected chi connectivity index (χ0v) is 7.62. The third-order valence-electron chi connectivity index (χ3n) is 1.69. The fourth-order valence-corrected chi connectivity index (χ4v) is 1.07. The predicted octanol–water partition coefficient (Wildman–Crippen LogP) is 0.759. The van der Waals surface area contributed by atoms with Crippen molar-refractivity contribution >= 4 is 5.97 Å². The second-order valence-corrected chi connectivity index (χ2v) is 2.82. The Hall–Kier alpha value is -2.24. The summed E-state index contributed by atoms with van der Waals surface area (Å²) < 4.78 is 4.76. The molecule has 6 nitrogen and oxygen atoms in total. The predicted molar refractivity (Wildman–Crippen MR) is 48.9 cm³/mol. The molecule has 0 fully saturated rings. The van der Waals surface area contributed by atoms with Crippen LogP contribution in [0.5, 0.6) is 0 Å². The Balaban J connectivity index is 2.24. The lowest BCUT2D eigenvalue weighted by Crippen LogP contribution is -1.99. The maximum atomic E-state index is 10.4. The first-order valence-corrected chi connectivity index (χ1v) is 4.20. The van der Waals surface area contributed by atoms with Crippen molar-refractivity contribution in [3.63, 3.8) is 0 Å². The van der Waals surface area contributed by atoms with Crippen molar-refractivity contribution in [2.75, 3.05) is 0 Å². The zero-order chi connectivity index (χ0) is 10.7. The standard InChI is InChI=1S/C9H7N3O3/c13-8(14)4-7-11-9(12-15-7)6-2-1-3-10-5-6/h1-3,5H,4H2,(H,13,14). The Labute approximate surface area is 84.6 Å². The molecule has 0 aliphatic carbocycles. The van der Waals surface area contributed by atoms with Gasteiger partial charge >= 0.3 is 5.97 Å². The molecule has 2 heterocycles. The number of pyridine rings is 1. The molecule has 15 heavy (non-hydrogen) atoms. The minimum atomic E-state index is -1.00. The van der Waals surface area contributed by atoms with Gasteiger partial charge in [-0.15, -0.1) is 0 Å². The molecule has 0 aromatic carbocycles. The monoisotopic (exact) mass is 205 g/mol. The smallest absolute Gasteiger partial charge is 0.312 e. The van der Waals surface area contributed by atoms with Crippen molar-refractivity contribution < 1.29 is 14.4 Å². The molecule has 76 valence electrons. The largest absolute Gasteiger partial charge is 0.481 e. The molecule has 1 N–H and O–H groups in total. The Morgan fingerprint density at radius 2 is 2.40 bits per heavy atom. The molecule has 0 bridgehead atoms. The van der Waals surface area contributed by atoms with E-state index in [1.165, 1.54) is 0 Å². The molecule has 0 atom stereocenters. The Bertz CT molecular complexity index is 466. The fraction of sp³-hybridized carbons (Fsp3) is 0.111. The molecule has 0 aliphatic rings. The highest BCUT2D eigenvalue weighted by Crippen LogP contribution is 2.13. The van der Waals surface area contributed by atoms with E-state index in [9.17, 15) is 4.79 Å². The van der Waals surface area contributed by atoms with E-state index in [1.807, 2.05) is 0 Å². The summed E-state index contributed by atoms with van der Waals surface area (Å²) in [5.74, 6) is -0.572. The number of hydrogen-bond acceptors (Lipinski definition) is 5. The maximum Gasteiger partial charge on any atom is 0.312 e. The van der Waals surface area contributed by atoms with Crippen LogP contribution in [0.3, 0.4) is 0 Å². The average molecular weight is 205 g/mol. The molecule has 6 heteroatoms. The summed E-state index contributed by atoms with van der Waals surface area (Å²) in [4.78, 5) is 18.2.